The summed E-state index contributed by atoms with van der Waals surface area (Å²) >= 11 is 1.64. The second kappa shape index (κ2) is 8.11. The molecule has 0 bridgehead atoms. The molecule has 0 aliphatic carbocycles. The minimum atomic E-state index is -0.105. The van der Waals surface area contributed by atoms with E-state index in [4.69, 9.17) is 0 Å². The molecule has 1 aromatic carbocycles. The first-order valence-corrected chi connectivity index (χ1v) is 9.27. The summed E-state index contributed by atoms with van der Waals surface area (Å²) in [7, 11) is 0. The summed E-state index contributed by atoms with van der Waals surface area (Å²) in [5.74, 6) is 0.250. The van der Waals surface area contributed by atoms with Gasteiger partial charge in [0.25, 0.3) is 0 Å². The molecule has 1 saturated heterocycles. The van der Waals surface area contributed by atoms with E-state index in [1.54, 1.807) is 11.3 Å². The van der Waals surface area contributed by atoms with Crippen molar-refractivity contribution in [2.24, 2.45) is 0 Å². The summed E-state index contributed by atoms with van der Waals surface area (Å²) in [5.41, 5.74) is 1.09. The minimum absolute atomic E-state index is 0.0314. The molecule has 0 radical (unpaired) electrons. The van der Waals surface area contributed by atoms with Gasteiger partial charge in [-0.05, 0) is 29.9 Å². The first-order chi connectivity index (χ1) is 11.7. The van der Waals surface area contributed by atoms with Gasteiger partial charge in [0.2, 0.25) is 11.8 Å². The number of thiophene rings is 1. The van der Waals surface area contributed by atoms with Gasteiger partial charge in [0.1, 0.15) is 0 Å². The highest BCUT2D eigenvalue weighted by Gasteiger charge is 2.21. The van der Waals surface area contributed by atoms with Crippen molar-refractivity contribution in [3.63, 3.8) is 0 Å². The van der Waals surface area contributed by atoms with Crippen LogP contribution in [-0.4, -0.2) is 29.8 Å². The Hall–Kier alpha value is -2.14. The predicted molar refractivity (Wildman–Crippen MR) is 95.8 cm³/mol. The van der Waals surface area contributed by atoms with E-state index in [1.807, 2.05) is 52.7 Å². The Bertz CT molecular complexity index is 670. The van der Waals surface area contributed by atoms with Crippen LogP contribution in [0, 0.1) is 0 Å². The van der Waals surface area contributed by atoms with E-state index in [2.05, 4.69) is 5.32 Å². The lowest BCUT2D eigenvalue weighted by Gasteiger charge is -2.19. The fourth-order valence-electron chi connectivity index (χ4n) is 3.02. The largest absolute Gasteiger partial charge is 0.344 e. The number of nitrogens with one attached hydrogen (secondary N) is 1. The molecule has 4 nitrogen and oxygen atoms in total. The van der Waals surface area contributed by atoms with Gasteiger partial charge in [-0.2, -0.15) is 0 Å². The zero-order valence-corrected chi connectivity index (χ0v) is 14.4. The van der Waals surface area contributed by atoms with Crippen LogP contribution in [0.2, 0.25) is 0 Å². The smallest absolute Gasteiger partial charge is 0.222 e. The highest BCUT2D eigenvalue weighted by atomic mass is 32.1. The molecule has 1 N–H and O–H groups in total. The second-order valence-corrected chi connectivity index (χ2v) is 6.99. The van der Waals surface area contributed by atoms with Gasteiger partial charge in [-0.25, -0.2) is 0 Å². The molecule has 0 saturated carbocycles. The van der Waals surface area contributed by atoms with Gasteiger partial charge >= 0.3 is 0 Å². The molecular weight excluding hydrogens is 320 g/mol. The average Bonchev–Trinajstić information content (AvgIpc) is 3.26. The minimum Gasteiger partial charge on any atom is -0.344 e. The van der Waals surface area contributed by atoms with E-state index in [0.29, 0.717) is 25.8 Å². The maximum absolute atomic E-state index is 12.4. The molecule has 1 unspecified atom stereocenters. The van der Waals surface area contributed by atoms with Crippen molar-refractivity contribution in [1.82, 2.24) is 10.2 Å². The number of amides is 2. The highest BCUT2D eigenvalue weighted by Crippen LogP contribution is 2.26. The Morgan fingerprint density at radius 2 is 2.04 bits per heavy atom. The molecule has 2 amide bonds. The Kier molecular flexibility index (Phi) is 5.64. The maximum Gasteiger partial charge on any atom is 0.222 e. The van der Waals surface area contributed by atoms with Crippen LogP contribution in [0.15, 0.2) is 47.8 Å². The summed E-state index contributed by atoms with van der Waals surface area (Å²) in [4.78, 5) is 27.0. The van der Waals surface area contributed by atoms with Gasteiger partial charge in [-0.15, -0.1) is 11.3 Å². The van der Waals surface area contributed by atoms with Gasteiger partial charge in [-0.3, -0.25) is 9.59 Å². The Morgan fingerprint density at radius 1 is 1.21 bits per heavy atom. The molecule has 126 valence electrons. The van der Waals surface area contributed by atoms with Crippen molar-refractivity contribution in [1.29, 1.82) is 0 Å². The molecule has 1 atom stereocenters. The molecule has 24 heavy (non-hydrogen) atoms. The Balaban J connectivity index is 1.56. The van der Waals surface area contributed by atoms with Crippen LogP contribution in [0.3, 0.4) is 0 Å². The number of rotatable bonds is 7. The molecule has 1 aromatic heterocycles. The number of benzene rings is 1. The van der Waals surface area contributed by atoms with Crippen LogP contribution in [0.25, 0.3) is 0 Å². The lowest BCUT2D eigenvalue weighted by Crippen LogP contribution is -2.30. The Morgan fingerprint density at radius 3 is 2.71 bits per heavy atom. The normalized spacial score (nSPS) is 15.5. The number of hydrogen-bond acceptors (Lipinski definition) is 3. The average molecular weight is 342 g/mol. The fraction of sp³-hybridized carbons (Fsp3) is 0.368. The first-order valence-electron chi connectivity index (χ1n) is 8.39. The number of carbonyl (C=O) groups is 2. The van der Waals surface area contributed by atoms with Crippen LogP contribution in [0.4, 0.5) is 0 Å². The molecule has 1 fully saturated rings. The van der Waals surface area contributed by atoms with E-state index >= 15 is 0 Å². The zero-order chi connectivity index (χ0) is 16.8. The molecule has 5 heteroatoms. The topological polar surface area (TPSA) is 49.4 Å². The Labute approximate surface area is 146 Å². The van der Waals surface area contributed by atoms with Crippen LogP contribution >= 0.6 is 11.3 Å². The third-order valence-corrected chi connectivity index (χ3v) is 5.21. The van der Waals surface area contributed by atoms with E-state index in [-0.39, 0.29) is 17.9 Å². The van der Waals surface area contributed by atoms with Gasteiger partial charge in [0.15, 0.2) is 0 Å². The molecule has 0 spiro atoms. The van der Waals surface area contributed by atoms with E-state index in [9.17, 15) is 9.59 Å². The lowest BCUT2D eigenvalue weighted by atomic mass is 10.1. The van der Waals surface area contributed by atoms with Gasteiger partial charge < -0.3 is 10.2 Å². The maximum atomic E-state index is 12.4. The third kappa shape index (κ3) is 4.23. The van der Waals surface area contributed by atoms with Crippen molar-refractivity contribution in [2.45, 2.75) is 31.7 Å². The molecule has 2 heterocycles. The molecule has 3 rings (SSSR count). The summed E-state index contributed by atoms with van der Waals surface area (Å²) < 4.78 is 0. The number of carbonyl (C=O) groups excluding carboxylic acids is 2. The third-order valence-electron chi connectivity index (χ3n) is 4.27. The van der Waals surface area contributed by atoms with Crippen molar-refractivity contribution in [3.8, 4) is 0 Å². The van der Waals surface area contributed by atoms with Gasteiger partial charge in [0, 0.05) is 30.8 Å². The summed E-state index contributed by atoms with van der Waals surface area (Å²) in [5, 5.41) is 5.16. The van der Waals surface area contributed by atoms with Gasteiger partial charge in [0.05, 0.1) is 6.04 Å². The summed E-state index contributed by atoms with van der Waals surface area (Å²) in [6.45, 7) is 1.52. The van der Waals surface area contributed by atoms with E-state index in [0.717, 1.165) is 23.4 Å². The van der Waals surface area contributed by atoms with Gasteiger partial charge in [-0.1, -0.05) is 36.4 Å². The van der Waals surface area contributed by atoms with Crippen molar-refractivity contribution in [2.75, 3.05) is 13.1 Å². The lowest BCUT2D eigenvalue weighted by molar-refractivity contribution is -0.128. The standard InChI is InChI=1S/C19H22N2O2S/c22-17(10-4-12-21-13-5-11-18(21)23)20-19(16-9-6-14-24-16)15-7-2-1-3-8-15/h1-3,6-9,14,19H,4-5,10-13H2,(H,20,22). The van der Waals surface area contributed by atoms with Crippen LogP contribution in [0.5, 0.6) is 0 Å². The molecular formula is C19H22N2O2S. The monoisotopic (exact) mass is 342 g/mol. The van der Waals surface area contributed by atoms with Crippen LogP contribution in [0.1, 0.15) is 42.2 Å². The number of nitrogens with zero attached hydrogens (tertiary/aromatic N) is 1. The zero-order valence-electron chi connectivity index (χ0n) is 13.6. The molecule has 1 aliphatic rings. The summed E-state index contributed by atoms with van der Waals surface area (Å²) in [6, 6.07) is 14.0. The quantitative estimate of drug-likeness (QED) is 0.839. The first kappa shape index (κ1) is 16.7. The van der Waals surface area contributed by atoms with E-state index in [1.165, 1.54) is 0 Å². The molecule has 1 aliphatic heterocycles. The van der Waals surface area contributed by atoms with Crippen LogP contribution < -0.4 is 5.32 Å². The van der Waals surface area contributed by atoms with Crippen molar-refractivity contribution < 1.29 is 9.59 Å². The SMILES string of the molecule is O=C(CCCN1CCCC1=O)NC(c1ccccc1)c1cccs1. The van der Waals surface area contributed by atoms with Crippen molar-refractivity contribution >= 4 is 23.2 Å². The predicted octanol–water partition coefficient (Wildman–Crippen LogP) is 3.36. The number of likely N-dealkylation sites (tertiary alicyclic amines) is 1. The second-order valence-electron chi connectivity index (χ2n) is 6.01. The van der Waals surface area contributed by atoms with E-state index < -0.39 is 0 Å². The van der Waals surface area contributed by atoms with Crippen LogP contribution in [-0.2, 0) is 9.59 Å². The fourth-order valence-corrected chi connectivity index (χ4v) is 3.83. The highest BCUT2D eigenvalue weighted by molar-refractivity contribution is 7.10. The number of hydrogen-bond donors (Lipinski definition) is 1. The molecule has 2 aromatic rings. The summed E-state index contributed by atoms with van der Waals surface area (Å²) in [6.07, 6.45) is 2.75. The van der Waals surface area contributed by atoms with Crippen molar-refractivity contribution in [3.05, 3.63) is 58.3 Å².